The Hall–Kier alpha value is -0.116. The molecule has 12 heavy (non-hydrogen) atoms. The second-order valence-electron chi connectivity index (χ2n) is 4.86. The van der Waals surface area contributed by atoms with Crippen molar-refractivity contribution in [1.82, 2.24) is 0 Å². The molecule has 0 saturated carbocycles. The van der Waals surface area contributed by atoms with Crippen LogP contribution in [0.5, 0.6) is 0 Å². The zero-order valence-corrected chi connectivity index (χ0v) is 10.3. The van der Waals surface area contributed by atoms with Crippen molar-refractivity contribution in [2.75, 3.05) is 0 Å². The summed E-state index contributed by atoms with van der Waals surface area (Å²) in [4.78, 5) is 0. The molecule has 0 N–H and O–H groups in total. The van der Waals surface area contributed by atoms with Crippen LogP contribution in [0.4, 0.5) is 0 Å². The van der Waals surface area contributed by atoms with E-state index in [4.69, 9.17) is 9.38 Å². The van der Waals surface area contributed by atoms with E-state index in [9.17, 15) is 0 Å². The van der Waals surface area contributed by atoms with Crippen LogP contribution in [0.25, 0.3) is 0 Å². The van der Waals surface area contributed by atoms with Gasteiger partial charge in [0.1, 0.15) is 0 Å². The monoisotopic (exact) mass is 199 g/mol. The number of hydrogen-bond donors (Lipinski definition) is 0. The second kappa shape index (κ2) is 2.98. The highest BCUT2D eigenvalue weighted by Crippen LogP contribution is 2.34. The van der Waals surface area contributed by atoms with Gasteiger partial charge in [-0.1, -0.05) is 0 Å². The molecule has 1 rings (SSSR count). The summed E-state index contributed by atoms with van der Waals surface area (Å²) in [6.45, 7) is 8.91. The lowest BCUT2D eigenvalue weighted by molar-refractivity contribution is 0.488. The molecule has 2 nitrogen and oxygen atoms in total. The molecule has 1 heterocycles. The molecule has 0 aromatic rings. The van der Waals surface area contributed by atoms with Crippen LogP contribution in [0, 0.1) is 17.2 Å². The Morgan fingerprint density at radius 2 is 1.58 bits per heavy atom. The summed E-state index contributed by atoms with van der Waals surface area (Å²) in [5.74, 6) is 0.280. The van der Waals surface area contributed by atoms with Gasteiger partial charge in [-0.2, -0.15) is 5.26 Å². The molecule has 0 aromatic heterocycles. The minimum absolute atomic E-state index is 0.280. The minimum Gasteiger partial charge on any atom is -0.455 e. The largest absolute Gasteiger partial charge is 0.455 e. The van der Waals surface area contributed by atoms with Gasteiger partial charge < -0.3 is 4.12 Å². The maximum Gasteiger partial charge on any atom is 0.174 e. The van der Waals surface area contributed by atoms with E-state index in [0.717, 1.165) is 12.1 Å². The number of rotatable bonds is 0. The molecular weight excluding hydrogens is 182 g/mol. The zero-order valence-electron chi connectivity index (χ0n) is 8.35. The molecular formula is C8H17NOSi2. The first-order chi connectivity index (χ1) is 5.35. The molecule has 0 bridgehead atoms. The van der Waals surface area contributed by atoms with Crippen molar-refractivity contribution in [1.29, 1.82) is 5.26 Å². The van der Waals surface area contributed by atoms with Gasteiger partial charge in [0.05, 0.1) is 6.07 Å². The standard InChI is InChI=1S/C8H17NOSi2/c1-11(2)6-8(5-9)7-12(3,4)10-11/h8H,6-7H2,1-4H3. The molecule has 0 atom stereocenters. The lowest BCUT2D eigenvalue weighted by Crippen LogP contribution is -2.50. The Morgan fingerprint density at radius 3 is 1.92 bits per heavy atom. The molecule has 0 aliphatic carbocycles. The topological polar surface area (TPSA) is 33.0 Å². The molecule has 0 spiro atoms. The van der Waals surface area contributed by atoms with E-state index in [0.29, 0.717) is 0 Å². The maximum atomic E-state index is 8.89. The molecule has 0 radical (unpaired) electrons. The quantitative estimate of drug-likeness (QED) is 0.562. The zero-order chi connectivity index (χ0) is 9.41. The smallest absolute Gasteiger partial charge is 0.174 e. The fraction of sp³-hybridized carbons (Fsp3) is 0.875. The van der Waals surface area contributed by atoms with E-state index in [2.05, 4.69) is 32.3 Å². The van der Waals surface area contributed by atoms with E-state index >= 15 is 0 Å². The fourth-order valence-corrected chi connectivity index (χ4v) is 12.0. The summed E-state index contributed by atoms with van der Waals surface area (Å²) in [6.07, 6.45) is 0. The van der Waals surface area contributed by atoms with E-state index in [1.54, 1.807) is 0 Å². The van der Waals surface area contributed by atoms with Crippen LogP contribution in [0.3, 0.4) is 0 Å². The Kier molecular flexibility index (Phi) is 2.48. The van der Waals surface area contributed by atoms with Gasteiger partial charge in [0.25, 0.3) is 0 Å². The Balaban J connectivity index is 2.75. The number of nitriles is 1. The summed E-state index contributed by atoms with van der Waals surface area (Å²) >= 11 is 0. The summed E-state index contributed by atoms with van der Waals surface area (Å²) < 4.78 is 6.12. The van der Waals surface area contributed by atoms with Gasteiger partial charge in [0, 0.05) is 5.92 Å². The van der Waals surface area contributed by atoms with Gasteiger partial charge >= 0.3 is 0 Å². The molecule has 68 valence electrons. The number of hydrogen-bond acceptors (Lipinski definition) is 2. The first kappa shape index (κ1) is 9.97. The van der Waals surface area contributed by atoms with E-state index in [1.165, 1.54) is 0 Å². The lowest BCUT2D eigenvalue weighted by atomic mass is 10.2. The van der Waals surface area contributed by atoms with Gasteiger partial charge in [-0.05, 0) is 38.3 Å². The van der Waals surface area contributed by atoms with E-state index in [1.807, 2.05) is 0 Å². The van der Waals surface area contributed by atoms with E-state index in [-0.39, 0.29) is 5.92 Å². The van der Waals surface area contributed by atoms with Crippen molar-refractivity contribution in [2.45, 2.75) is 38.3 Å². The van der Waals surface area contributed by atoms with Crippen molar-refractivity contribution in [3.63, 3.8) is 0 Å². The highest BCUT2D eigenvalue weighted by molar-refractivity contribution is 6.86. The average molecular weight is 199 g/mol. The van der Waals surface area contributed by atoms with Crippen molar-refractivity contribution in [3.05, 3.63) is 0 Å². The number of nitrogens with zero attached hydrogens (tertiary/aromatic N) is 1. The summed E-state index contributed by atoms with van der Waals surface area (Å²) in [7, 11) is -2.94. The third-order valence-electron chi connectivity index (χ3n) is 2.21. The highest BCUT2D eigenvalue weighted by atomic mass is 28.4. The third kappa shape index (κ3) is 2.44. The molecule has 1 fully saturated rings. The summed E-state index contributed by atoms with van der Waals surface area (Å²) in [5, 5.41) is 8.89. The molecule has 0 amide bonds. The van der Waals surface area contributed by atoms with Crippen LogP contribution >= 0.6 is 0 Å². The predicted molar refractivity (Wildman–Crippen MR) is 54.8 cm³/mol. The van der Waals surface area contributed by atoms with Gasteiger partial charge in [0.2, 0.25) is 0 Å². The first-order valence-corrected chi connectivity index (χ1v) is 10.7. The van der Waals surface area contributed by atoms with Crippen molar-refractivity contribution in [3.8, 4) is 6.07 Å². The summed E-state index contributed by atoms with van der Waals surface area (Å²) in [6, 6.07) is 4.46. The molecule has 1 saturated heterocycles. The molecule has 1 aliphatic rings. The molecule has 0 unspecified atom stereocenters. The molecule has 0 aromatic carbocycles. The average Bonchev–Trinajstić information content (AvgIpc) is 1.80. The predicted octanol–water partition coefficient (Wildman–Crippen LogP) is 2.57. The second-order valence-corrected chi connectivity index (χ2v) is 13.5. The van der Waals surface area contributed by atoms with Crippen LogP contribution in [-0.2, 0) is 4.12 Å². The molecule has 1 aliphatic heterocycles. The Labute approximate surface area is 76.8 Å². The van der Waals surface area contributed by atoms with Crippen LogP contribution in [0.15, 0.2) is 0 Å². The van der Waals surface area contributed by atoms with Crippen LogP contribution in [0.1, 0.15) is 0 Å². The first-order valence-electron chi connectivity index (χ1n) is 4.44. The fourth-order valence-electron chi connectivity index (χ4n) is 2.18. The van der Waals surface area contributed by atoms with E-state index < -0.39 is 16.6 Å². The van der Waals surface area contributed by atoms with Gasteiger partial charge in [-0.3, -0.25) is 0 Å². The van der Waals surface area contributed by atoms with Crippen molar-refractivity contribution >= 4 is 16.6 Å². The van der Waals surface area contributed by atoms with Gasteiger partial charge in [-0.25, -0.2) is 0 Å². The van der Waals surface area contributed by atoms with Crippen LogP contribution in [0.2, 0.25) is 38.3 Å². The van der Waals surface area contributed by atoms with Gasteiger partial charge in [0.15, 0.2) is 16.6 Å². The Morgan fingerprint density at radius 1 is 1.17 bits per heavy atom. The van der Waals surface area contributed by atoms with Crippen molar-refractivity contribution < 1.29 is 4.12 Å². The maximum absolute atomic E-state index is 8.89. The normalized spacial score (nSPS) is 27.9. The SMILES string of the molecule is C[Si]1(C)CC(C#N)C[Si](C)(C)O1. The van der Waals surface area contributed by atoms with Crippen LogP contribution < -0.4 is 0 Å². The third-order valence-corrected chi connectivity index (χ3v) is 9.58. The Bertz CT molecular complexity index is 204. The summed E-state index contributed by atoms with van der Waals surface area (Å²) in [5.41, 5.74) is 0. The van der Waals surface area contributed by atoms with Crippen LogP contribution in [-0.4, -0.2) is 16.6 Å². The van der Waals surface area contributed by atoms with Gasteiger partial charge in [-0.15, -0.1) is 0 Å². The highest BCUT2D eigenvalue weighted by Gasteiger charge is 2.42. The molecule has 4 heteroatoms. The van der Waals surface area contributed by atoms with Crippen molar-refractivity contribution in [2.24, 2.45) is 5.92 Å². The minimum atomic E-state index is -1.47. The lowest BCUT2D eigenvalue weighted by Gasteiger charge is -2.41.